The molecule has 5 nitrogen and oxygen atoms in total. The number of alkyl halides is 3. The third-order valence-electron chi connectivity index (χ3n) is 4.37. The van der Waals surface area contributed by atoms with Gasteiger partial charge in [-0.25, -0.2) is 0 Å². The number of halogens is 4. The molecule has 160 valence electrons. The Kier molecular flexibility index (Phi) is 6.04. The van der Waals surface area contributed by atoms with Gasteiger partial charge in [-0.1, -0.05) is 60.1 Å². The van der Waals surface area contributed by atoms with Crippen LogP contribution in [0.2, 0.25) is 5.02 Å². The van der Waals surface area contributed by atoms with Crippen LogP contribution in [0.1, 0.15) is 37.4 Å². The molecule has 10 heteroatoms. The minimum atomic E-state index is -4.77. The first-order valence-corrected chi connectivity index (χ1v) is 10.3. The Morgan fingerprint density at radius 1 is 0.742 bits per heavy atom. The summed E-state index contributed by atoms with van der Waals surface area (Å²) < 4.78 is 66.4. The van der Waals surface area contributed by atoms with Gasteiger partial charge in [0.05, 0.1) is 15.5 Å². The van der Waals surface area contributed by atoms with Crippen molar-refractivity contribution in [1.82, 2.24) is 0 Å². The fraction of sp³-hybridized carbons (Fsp3) is 0.0476. The molecule has 0 aliphatic heterocycles. The zero-order valence-corrected chi connectivity index (χ0v) is 16.9. The highest BCUT2D eigenvalue weighted by molar-refractivity contribution is 7.85. The third kappa shape index (κ3) is 4.68. The van der Waals surface area contributed by atoms with Gasteiger partial charge in [-0.2, -0.15) is 21.6 Å². The van der Waals surface area contributed by atoms with Crippen molar-refractivity contribution in [3.8, 4) is 0 Å². The van der Waals surface area contributed by atoms with Gasteiger partial charge in [0, 0.05) is 22.3 Å². The molecule has 0 atom stereocenters. The molecule has 0 aromatic heterocycles. The summed E-state index contributed by atoms with van der Waals surface area (Å²) in [5.41, 5.74) is 0.717. The fourth-order valence-corrected chi connectivity index (χ4v) is 3.66. The molecule has 31 heavy (non-hydrogen) atoms. The first-order chi connectivity index (χ1) is 14.4. The average molecular weight is 469 g/mol. The van der Waals surface area contributed by atoms with E-state index in [1.54, 1.807) is 48.5 Å². The van der Waals surface area contributed by atoms with Gasteiger partial charge in [0.15, 0.2) is 11.6 Å². The number of rotatable bonds is 1. The highest BCUT2D eigenvalue weighted by Crippen LogP contribution is 2.35. The van der Waals surface area contributed by atoms with Crippen molar-refractivity contribution in [3.63, 3.8) is 0 Å². The first-order valence-electron chi connectivity index (χ1n) is 8.53. The Morgan fingerprint density at radius 2 is 1.13 bits per heavy atom. The summed E-state index contributed by atoms with van der Waals surface area (Å²) in [6.07, 6.45) is -4.77. The van der Waals surface area contributed by atoms with Crippen molar-refractivity contribution in [1.29, 1.82) is 0 Å². The first kappa shape index (κ1) is 22.7. The molecule has 0 amide bonds. The number of carbonyl (C=O) groups is 2. The van der Waals surface area contributed by atoms with Gasteiger partial charge in [0.2, 0.25) is 0 Å². The molecule has 0 saturated heterocycles. The summed E-state index contributed by atoms with van der Waals surface area (Å²) in [6, 6.07) is 15.7. The third-order valence-corrected chi connectivity index (χ3v) is 5.55. The number of fused-ring (bicyclic) bond motifs is 2. The van der Waals surface area contributed by atoms with E-state index in [1.165, 1.54) is 0 Å². The maximum absolute atomic E-state index is 12.3. The van der Waals surface area contributed by atoms with Crippen molar-refractivity contribution in [2.45, 2.75) is 11.1 Å². The predicted octanol–water partition coefficient (Wildman–Crippen LogP) is 5.07. The Bertz CT molecular complexity index is 1190. The lowest BCUT2D eigenvalue weighted by Gasteiger charge is -2.16. The molecule has 1 aliphatic carbocycles. The van der Waals surface area contributed by atoms with E-state index in [4.69, 9.17) is 16.2 Å². The predicted molar refractivity (Wildman–Crippen MR) is 106 cm³/mol. The summed E-state index contributed by atoms with van der Waals surface area (Å²) in [6.45, 7) is 0. The van der Waals surface area contributed by atoms with E-state index in [0.29, 0.717) is 22.3 Å². The Balaban J connectivity index is 0.000000176. The van der Waals surface area contributed by atoms with Crippen LogP contribution in [0.25, 0.3) is 0 Å². The second-order valence-corrected chi connectivity index (χ2v) is 8.19. The lowest BCUT2D eigenvalue weighted by atomic mass is 9.84. The Hall–Kier alpha value is -3.01. The molecule has 0 unspecified atom stereocenters. The molecule has 4 rings (SSSR count). The highest BCUT2D eigenvalue weighted by atomic mass is 35.5. The molecule has 0 saturated carbocycles. The lowest BCUT2D eigenvalue weighted by molar-refractivity contribution is -0.137. The monoisotopic (exact) mass is 468 g/mol. The zero-order chi connectivity index (χ0) is 23.0. The van der Waals surface area contributed by atoms with Gasteiger partial charge >= 0.3 is 6.18 Å². The van der Waals surface area contributed by atoms with Crippen molar-refractivity contribution in [3.05, 3.63) is 99.6 Å². The van der Waals surface area contributed by atoms with E-state index in [-0.39, 0.29) is 17.6 Å². The molecule has 0 fully saturated rings. The molecule has 0 spiro atoms. The quantitative estimate of drug-likeness (QED) is 0.394. The number of hydrogen-bond donors (Lipinski definition) is 1. The Morgan fingerprint density at radius 3 is 1.45 bits per heavy atom. The molecular formula is C21H12ClF3O5S. The molecule has 0 heterocycles. The van der Waals surface area contributed by atoms with Crippen molar-refractivity contribution < 1.29 is 35.7 Å². The Labute approximate surface area is 179 Å². The molecular weight excluding hydrogens is 457 g/mol. The summed E-state index contributed by atoms with van der Waals surface area (Å²) in [7, 11) is -4.66. The van der Waals surface area contributed by atoms with Crippen LogP contribution in [0, 0.1) is 0 Å². The molecule has 1 aliphatic rings. The smallest absolute Gasteiger partial charge is 0.289 e. The van der Waals surface area contributed by atoms with Gasteiger partial charge in [-0.3, -0.25) is 14.1 Å². The normalized spacial score (nSPS) is 13.1. The van der Waals surface area contributed by atoms with E-state index in [2.05, 4.69) is 0 Å². The van der Waals surface area contributed by atoms with E-state index in [1.807, 2.05) is 0 Å². The average Bonchev–Trinajstić information content (AvgIpc) is 2.71. The lowest BCUT2D eigenvalue weighted by Crippen LogP contribution is -2.20. The second-order valence-electron chi connectivity index (χ2n) is 6.36. The summed E-state index contributed by atoms with van der Waals surface area (Å²) in [4.78, 5) is 23.4. The molecule has 1 N–H and O–H groups in total. The number of benzene rings is 3. The van der Waals surface area contributed by atoms with Gasteiger partial charge in [-0.15, -0.1) is 0 Å². The maximum atomic E-state index is 12.3. The topological polar surface area (TPSA) is 88.5 Å². The number of ketones is 2. The minimum Gasteiger partial charge on any atom is -0.289 e. The number of carbonyl (C=O) groups excluding carboxylic acids is 2. The summed E-state index contributed by atoms with van der Waals surface area (Å²) >= 11 is 5.23. The van der Waals surface area contributed by atoms with E-state index in [0.717, 1.165) is 12.1 Å². The van der Waals surface area contributed by atoms with E-state index < -0.39 is 31.8 Å². The van der Waals surface area contributed by atoms with Crippen LogP contribution in [0.15, 0.2) is 71.6 Å². The van der Waals surface area contributed by atoms with Crippen molar-refractivity contribution >= 4 is 33.3 Å². The van der Waals surface area contributed by atoms with Crippen LogP contribution < -0.4 is 0 Å². The fourth-order valence-electron chi connectivity index (χ4n) is 2.93. The van der Waals surface area contributed by atoms with Crippen LogP contribution in [0.3, 0.4) is 0 Å². The van der Waals surface area contributed by atoms with Crippen LogP contribution >= 0.6 is 11.6 Å². The molecule has 0 bridgehead atoms. The van der Waals surface area contributed by atoms with E-state index >= 15 is 0 Å². The van der Waals surface area contributed by atoms with Crippen molar-refractivity contribution in [2.24, 2.45) is 0 Å². The van der Waals surface area contributed by atoms with Gasteiger partial charge < -0.3 is 0 Å². The largest absolute Gasteiger partial charge is 0.417 e. The molecule has 3 aromatic carbocycles. The van der Waals surface area contributed by atoms with Crippen LogP contribution in [-0.4, -0.2) is 24.5 Å². The zero-order valence-electron chi connectivity index (χ0n) is 15.4. The SMILES string of the molecule is O=C1c2ccccc2C(=O)c2ccccc21.O=S(=O)(O)c1ccc(Cl)c(C(F)(F)F)c1. The standard InChI is InChI=1S/C14H8O2.C7H4ClF3O3S/c15-13-9-5-1-2-6-10(9)14(16)12-8-4-3-7-11(12)13;8-6-2-1-4(15(12,13)14)3-5(6)7(9,10)11/h1-8H;1-3H,(H,12,13,14). The summed E-state index contributed by atoms with van der Waals surface area (Å²) in [5.74, 6) is -0.128. The van der Waals surface area contributed by atoms with E-state index in [9.17, 15) is 31.2 Å². The van der Waals surface area contributed by atoms with Crippen molar-refractivity contribution in [2.75, 3.05) is 0 Å². The molecule has 0 radical (unpaired) electrons. The second kappa shape index (κ2) is 8.26. The van der Waals surface area contributed by atoms with Crippen LogP contribution in [-0.2, 0) is 16.3 Å². The summed E-state index contributed by atoms with van der Waals surface area (Å²) in [5, 5.41) is -0.630. The van der Waals surface area contributed by atoms with Crippen LogP contribution in [0.5, 0.6) is 0 Å². The van der Waals surface area contributed by atoms with Crippen LogP contribution in [0.4, 0.5) is 13.2 Å². The maximum Gasteiger partial charge on any atom is 0.417 e. The highest BCUT2D eigenvalue weighted by Gasteiger charge is 2.34. The van der Waals surface area contributed by atoms with Gasteiger partial charge in [-0.05, 0) is 18.2 Å². The minimum absolute atomic E-state index is 0.0641. The number of hydrogen-bond acceptors (Lipinski definition) is 4. The van der Waals surface area contributed by atoms with Gasteiger partial charge in [0.1, 0.15) is 0 Å². The van der Waals surface area contributed by atoms with Gasteiger partial charge in [0.25, 0.3) is 10.1 Å². The molecule has 3 aromatic rings.